The molecule has 0 saturated carbocycles. The Balaban J connectivity index is 1.77. The van der Waals surface area contributed by atoms with Gasteiger partial charge in [-0.3, -0.25) is 19.5 Å². The van der Waals surface area contributed by atoms with Crippen LogP contribution in [0.3, 0.4) is 0 Å². The Kier molecular flexibility index (Phi) is 7.63. The molecule has 2 amide bonds. The number of amides is 2. The topological polar surface area (TPSA) is 111 Å². The molecule has 0 spiro atoms. The Bertz CT molecular complexity index is 1290. The third kappa shape index (κ3) is 5.44. The lowest BCUT2D eigenvalue weighted by Crippen LogP contribution is -2.46. The zero-order chi connectivity index (χ0) is 24.6. The molecule has 0 unspecified atom stereocenters. The fourth-order valence-electron chi connectivity index (χ4n) is 3.76. The zero-order valence-electron chi connectivity index (χ0n) is 19.5. The van der Waals surface area contributed by atoms with Crippen LogP contribution in [0.15, 0.2) is 73.1 Å². The Morgan fingerprint density at radius 2 is 1.94 bits per heavy atom. The zero-order valence-corrected chi connectivity index (χ0v) is 19.5. The number of anilines is 1. The van der Waals surface area contributed by atoms with E-state index in [0.717, 1.165) is 0 Å². The maximum absolute atomic E-state index is 13.9. The number of nitrogens with one attached hydrogen (secondary N) is 1. The predicted molar refractivity (Wildman–Crippen MR) is 130 cm³/mol. The maximum Gasteiger partial charge on any atom is 0.249 e. The van der Waals surface area contributed by atoms with E-state index in [9.17, 15) is 9.59 Å². The lowest BCUT2D eigenvalue weighted by atomic mass is 10.0. The molecule has 2 heterocycles. The van der Waals surface area contributed by atoms with Gasteiger partial charge in [-0.2, -0.15) is 0 Å². The van der Waals surface area contributed by atoms with Gasteiger partial charge in [-0.1, -0.05) is 29.5 Å². The lowest BCUT2D eigenvalue weighted by molar-refractivity contribution is -0.127. The molecule has 35 heavy (non-hydrogen) atoms. The smallest absolute Gasteiger partial charge is 0.249 e. The summed E-state index contributed by atoms with van der Waals surface area (Å²) in [6.07, 6.45) is 3.19. The van der Waals surface area contributed by atoms with Crippen LogP contribution in [0.2, 0.25) is 0 Å². The first-order valence-corrected chi connectivity index (χ1v) is 11.0. The molecule has 1 N–H and O–H groups in total. The number of para-hydroxylation sites is 1. The second-order valence-corrected chi connectivity index (χ2v) is 7.67. The number of hydrogen-bond donors (Lipinski definition) is 1. The van der Waals surface area contributed by atoms with Crippen molar-refractivity contribution in [3.05, 3.63) is 78.6 Å². The van der Waals surface area contributed by atoms with Gasteiger partial charge in [0.2, 0.25) is 11.8 Å². The van der Waals surface area contributed by atoms with Crippen molar-refractivity contribution in [1.29, 1.82) is 0 Å². The van der Waals surface area contributed by atoms with E-state index in [1.165, 1.54) is 9.58 Å². The van der Waals surface area contributed by atoms with Crippen molar-refractivity contribution in [2.24, 2.45) is 0 Å². The summed E-state index contributed by atoms with van der Waals surface area (Å²) in [6, 6.07) is 16.9. The molecule has 0 bridgehead atoms. The average molecular weight is 475 g/mol. The number of hydrogen-bond acceptors (Lipinski definition) is 7. The molecule has 0 radical (unpaired) electrons. The first-order chi connectivity index (χ1) is 17.1. The first kappa shape index (κ1) is 23.8. The minimum absolute atomic E-state index is 0.125. The maximum atomic E-state index is 13.9. The Morgan fingerprint density at radius 1 is 1.09 bits per heavy atom. The molecule has 4 aromatic rings. The van der Waals surface area contributed by atoms with Gasteiger partial charge in [-0.25, -0.2) is 4.68 Å². The van der Waals surface area contributed by atoms with Crippen LogP contribution < -0.4 is 15.0 Å². The number of benzene rings is 2. The fraction of sp³-hybridized carbons (Fsp3) is 0.240. The predicted octanol–water partition coefficient (Wildman–Crippen LogP) is 2.37. The standard InChI is InChI=1S/C25H26N6O4/c1-34-14-13-27-25(33)24(18-7-6-12-26-16-18)31(19-8-5-9-20(15-19)35-2)23(32)17-30-22-11-4-3-10-21(22)28-29-30/h3-12,15-16,24H,13-14,17H2,1-2H3,(H,27,33)/t24-/m1/s1. The van der Waals surface area contributed by atoms with Gasteiger partial charge in [0.1, 0.15) is 23.9 Å². The van der Waals surface area contributed by atoms with Crippen LogP contribution in [0.5, 0.6) is 5.75 Å². The quantitative estimate of drug-likeness (QED) is 0.351. The van der Waals surface area contributed by atoms with E-state index in [2.05, 4.69) is 20.6 Å². The number of ether oxygens (including phenoxy) is 2. The van der Waals surface area contributed by atoms with Gasteiger partial charge >= 0.3 is 0 Å². The highest BCUT2D eigenvalue weighted by atomic mass is 16.5. The van der Waals surface area contributed by atoms with E-state index in [0.29, 0.717) is 41.2 Å². The number of carbonyl (C=O) groups excluding carboxylic acids is 2. The van der Waals surface area contributed by atoms with Crippen molar-refractivity contribution in [3.63, 3.8) is 0 Å². The molecule has 10 nitrogen and oxygen atoms in total. The summed E-state index contributed by atoms with van der Waals surface area (Å²) in [5, 5.41) is 11.1. The Labute approximate surface area is 202 Å². The van der Waals surface area contributed by atoms with Crippen LogP contribution >= 0.6 is 0 Å². The van der Waals surface area contributed by atoms with Gasteiger partial charge in [0.15, 0.2) is 0 Å². The van der Waals surface area contributed by atoms with Crippen LogP contribution in [-0.2, 0) is 20.9 Å². The molecule has 2 aromatic heterocycles. The lowest BCUT2D eigenvalue weighted by Gasteiger charge is -2.31. The second-order valence-electron chi connectivity index (χ2n) is 7.67. The summed E-state index contributed by atoms with van der Waals surface area (Å²) in [5.74, 6) is -0.171. The van der Waals surface area contributed by atoms with Crippen molar-refractivity contribution < 1.29 is 19.1 Å². The average Bonchev–Trinajstić information content (AvgIpc) is 3.30. The van der Waals surface area contributed by atoms with Crippen LogP contribution in [0.4, 0.5) is 5.69 Å². The Morgan fingerprint density at radius 3 is 2.71 bits per heavy atom. The van der Waals surface area contributed by atoms with E-state index in [1.807, 2.05) is 24.3 Å². The number of rotatable bonds is 10. The number of aromatic nitrogens is 4. The van der Waals surface area contributed by atoms with Gasteiger partial charge in [-0.05, 0) is 30.3 Å². The summed E-state index contributed by atoms with van der Waals surface area (Å²) in [5.41, 5.74) is 2.44. The molecule has 0 aliphatic carbocycles. The fourth-order valence-corrected chi connectivity index (χ4v) is 3.76. The van der Waals surface area contributed by atoms with Gasteiger partial charge < -0.3 is 14.8 Å². The van der Waals surface area contributed by atoms with E-state index in [1.54, 1.807) is 63.0 Å². The minimum atomic E-state index is -0.991. The van der Waals surface area contributed by atoms with Gasteiger partial charge in [0.05, 0.1) is 19.2 Å². The minimum Gasteiger partial charge on any atom is -0.497 e. The van der Waals surface area contributed by atoms with E-state index in [-0.39, 0.29) is 18.4 Å². The summed E-state index contributed by atoms with van der Waals surface area (Å²) in [4.78, 5) is 32.9. The third-order valence-electron chi connectivity index (χ3n) is 5.42. The van der Waals surface area contributed by atoms with Crippen LogP contribution in [-0.4, -0.2) is 59.2 Å². The molecule has 180 valence electrons. The van der Waals surface area contributed by atoms with Crippen molar-refractivity contribution in [1.82, 2.24) is 25.3 Å². The van der Waals surface area contributed by atoms with Crippen LogP contribution in [0.1, 0.15) is 11.6 Å². The molecular weight excluding hydrogens is 448 g/mol. The van der Waals surface area contributed by atoms with Gasteiger partial charge in [0, 0.05) is 43.4 Å². The van der Waals surface area contributed by atoms with Crippen molar-refractivity contribution in [3.8, 4) is 5.75 Å². The number of nitrogens with zero attached hydrogens (tertiary/aromatic N) is 5. The first-order valence-electron chi connectivity index (χ1n) is 11.0. The van der Waals surface area contributed by atoms with Crippen molar-refractivity contribution in [2.45, 2.75) is 12.6 Å². The summed E-state index contributed by atoms with van der Waals surface area (Å²) in [7, 11) is 3.10. The Hall–Kier alpha value is -4.31. The number of methoxy groups -OCH3 is 2. The monoisotopic (exact) mass is 474 g/mol. The van der Waals surface area contributed by atoms with Crippen molar-refractivity contribution >= 4 is 28.5 Å². The number of fused-ring (bicyclic) bond motifs is 1. The summed E-state index contributed by atoms with van der Waals surface area (Å²) in [6.45, 7) is 0.503. The molecule has 0 saturated heterocycles. The molecular formula is C25H26N6O4. The summed E-state index contributed by atoms with van der Waals surface area (Å²) < 4.78 is 12.0. The molecule has 4 rings (SSSR count). The molecule has 1 atom stereocenters. The normalized spacial score (nSPS) is 11.7. The van der Waals surface area contributed by atoms with Crippen LogP contribution in [0, 0.1) is 0 Å². The molecule has 2 aromatic carbocycles. The SMILES string of the molecule is COCCNC(=O)[C@@H](c1cccnc1)N(C(=O)Cn1nnc2ccccc21)c1cccc(OC)c1. The van der Waals surface area contributed by atoms with E-state index >= 15 is 0 Å². The molecule has 0 fully saturated rings. The number of pyridine rings is 1. The number of carbonyl (C=O) groups is 2. The van der Waals surface area contributed by atoms with Crippen LogP contribution in [0.25, 0.3) is 11.0 Å². The second kappa shape index (κ2) is 11.2. The highest BCUT2D eigenvalue weighted by Gasteiger charge is 2.33. The largest absolute Gasteiger partial charge is 0.497 e. The van der Waals surface area contributed by atoms with Gasteiger partial charge in [0.25, 0.3) is 0 Å². The van der Waals surface area contributed by atoms with E-state index in [4.69, 9.17) is 9.47 Å². The van der Waals surface area contributed by atoms with Gasteiger partial charge in [-0.15, -0.1) is 5.10 Å². The summed E-state index contributed by atoms with van der Waals surface area (Å²) >= 11 is 0. The molecule has 0 aliphatic heterocycles. The van der Waals surface area contributed by atoms with E-state index < -0.39 is 6.04 Å². The highest BCUT2D eigenvalue weighted by molar-refractivity contribution is 6.01. The highest BCUT2D eigenvalue weighted by Crippen LogP contribution is 2.30. The molecule has 10 heteroatoms. The third-order valence-corrected chi connectivity index (χ3v) is 5.42. The molecule has 0 aliphatic rings. The van der Waals surface area contributed by atoms with Crippen molar-refractivity contribution in [2.75, 3.05) is 32.3 Å².